The molecule has 0 aromatic heterocycles. The van der Waals surface area contributed by atoms with Crippen molar-refractivity contribution in [2.24, 2.45) is 0 Å². The maximum absolute atomic E-state index is 12.7. The van der Waals surface area contributed by atoms with Crippen LogP contribution in [-0.2, 0) is 0 Å². The highest BCUT2D eigenvalue weighted by atomic mass is 16.4. The third kappa shape index (κ3) is 3.82. The van der Waals surface area contributed by atoms with Crippen LogP contribution in [0.15, 0.2) is 24.3 Å². The summed E-state index contributed by atoms with van der Waals surface area (Å²) >= 11 is 0. The van der Waals surface area contributed by atoms with Gasteiger partial charge in [-0.05, 0) is 50.6 Å². The average Bonchev–Trinajstić information content (AvgIpc) is 2.53. The van der Waals surface area contributed by atoms with Crippen molar-refractivity contribution < 1.29 is 14.7 Å². The molecular formula is C16H22N2O3. The lowest BCUT2D eigenvalue weighted by atomic mass is 10.0. The number of amides is 1. The standard InChI is InChI=1S/C16H22N2O3/c1-2-10-18(14-6-8-17-9-7-14)15(19)12-4-3-5-13(11-12)16(20)21/h3-5,11,14,17H,2,6-10H2,1H3,(H,20,21). The van der Waals surface area contributed by atoms with E-state index >= 15 is 0 Å². The lowest BCUT2D eigenvalue weighted by molar-refractivity contribution is 0.0642. The molecule has 1 saturated heterocycles. The van der Waals surface area contributed by atoms with Gasteiger partial charge in [0.25, 0.3) is 5.91 Å². The number of nitrogens with zero attached hydrogens (tertiary/aromatic N) is 1. The van der Waals surface area contributed by atoms with Gasteiger partial charge in [-0.2, -0.15) is 0 Å². The highest BCUT2D eigenvalue weighted by molar-refractivity contribution is 5.97. The molecule has 0 atom stereocenters. The van der Waals surface area contributed by atoms with Crippen LogP contribution in [-0.4, -0.2) is 47.6 Å². The van der Waals surface area contributed by atoms with Gasteiger partial charge in [0, 0.05) is 18.2 Å². The van der Waals surface area contributed by atoms with Gasteiger partial charge in [0.1, 0.15) is 0 Å². The molecule has 0 aliphatic carbocycles. The molecule has 1 aliphatic rings. The van der Waals surface area contributed by atoms with Crippen LogP contribution < -0.4 is 5.32 Å². The average molecular weight is 290 g/mol. The first-order valence-electron chi connectivity index (χ1n) is 7.48. The summed E-state index contributed by atoms with van der Waals surface area (Å²) < 4.78 is 0. The molecule has 0 bridgehead atoms. The number of carbonyl (C=O) groups is 2. The third-order valence-electron chi connectivity index (χ3n) is 3.83. The van der Waals surface area contributed by atoms with Crippen LogP contribution in [0.4, 0.5) is 0 Å². The maximum Gasteiger partial charge on any atom is 0.335 e. The zero-order valence-electron chi connectivity index (χ0n) is 12.3. The summed E-state index contributed by atoms with van der Waals surface area (Å²) in [6, 6.07) is 6.54. The Morgan fingerprint density at radius 1 is 1.29 bits per heavy atom. The summed E-state index contributed by atoms with van der Waals surface area (Å²) in [5.74, 6) is -1.07. The summed E-state index contributed by atoms with van der Waals surface area (Å²) in [5.41, 5.74) is 0.615. The Kier molecular flexibility index (Phi) is 5.33. The zero-order chi connectivity index (χ0) is 15.2. The molecule has 21 heavy (non-hydrogen) atoms. The first-order chi connectivity index (χ1) is 10.1. The molecule has 1 amide bonds. The fraction of sp³-hybridized carbons (Fsp3) is 0.500. The lowest BCUT2D eigenvalue weighted by Crippen LogP contribution is -2.46. The summed E-state index contributed by atoms with van der Waals surface area (Å²) in [4.78, 5) is 25.7. The van der Waals surface area contributed by atoms with Crippen LogP contribution in [0.1, 0.15) is 46.9 Å². The highest BCUT2D eigenvalue weighted by Gasteiger charge is 2.25. The minimum atomic E-state index is -1.01. The molecule has 1 aromatic carbocycles. The molecule has 1 fully saturated rings. The van der Waals surface area contributed by atoms with Gasteiger partial charge >= 0.3 is 5.97 Å². The van der Waals surface area contributed by atoms with Crippen molar-refractivity contribution in [3.05, 3.63) is 35.4 Å². The largest absolute Gasteiger partial charge is 0.478 e. The number of carbonyl (C=O) groups excluding carboxylic acids is 1. The van der Waals surface area contributed by atoms with Gasteiger partial charge in [0.2, 0.25) is 0 Å². The Bertz CT molecular complexity index is 510. The Morgan fingerprint density at radius 2 is 1.95 bits per heavy atom. The molecule has 0 saturated carbocycles. The van der Waals surface area contributed by atoms with Gasteiger partial charge in [-0.3, -0.25) is 4.79 Å². The summed E-state index contributed by atoms with van der Waals surface area (Å²) in [5, 5.41) is 12.3. The van der Waals surface area contributed by atoms with Crippen LogP contribution in [0, 0.1) is 0 Å². The van der Waals surface area contributed by atoms with Gasteiger partial charge in [0.05, 0.1) is 5.56 Å². The lowest BCUT2D eigenvalue weighted by Gasteiger charge is -2.34. The first kappa shape index (κ1) is 15.5. The molecule has 1 aliphatic heterocycles. The first-order valence-corrected chi connectivity index (χ1v) is 7.48. The number of rotatable bonds is 5. The van der Waals surface area contributed by atoms with Crippen molar-refractivity contribution in [2.75, 3.05) is 19.6 Å². The molecule has 0 unspecified atom stereocenters. The Labute approximate surface area is 125 Å². The van der Waals surface area contributed by atoms with Gasteiger partial charge in [-0.15, -0.1) is 0 Å². The van der Waals surface area contributed by atoms with E-state index in [1.807, 2.05) is 4.90 Å². The third-order valence-corrected chi connectivity index (χ3v) is 3.83. The Hall–Kier alpha value is -1.88. The predicted octanol–water partition coefficient (Wildman–Crippen LogP) is 1.99. The second-order valence-corrected chi connectivity index (χ2v) is 5.37. The van der Waals surface area contributed by atoms with E-state index < -0.39 is 5.97 Å². The van der Waals surface area contributed by atoms with Crippen molar-refractivity contribution in [1.82, 2.24) is 10.2 Å². The molecule has 114 valence electrons. The van der Waals surface area contributed by atoms with E-state index in [2.05, 4.69) is 12.2 Å². The summed E-state index contributed by atoms with van der Waals surface area (Å²) in [7, 11) is 0. The SMILES string of the molecule is CCCN(C(=O)c1cccc(C(=O)O)c1)C1CCNCC1. The second-order valence-electron chi connectivity index (χ2n) is 5.37. The fourth-order valence-corrected chi connectivity index (χ4v) is 2.76. The number of piperidine rings is 1. The number of hydrogen-bond donors (Lipinski definition) is 2. The number of carboxylic acid groups (broad SMARTS) is 1. The van der Waals surface area contributed by atoms with Crippen molar-refractivity contribution in [3.63, 3.8) is 0 Å². The second kappa shape index (κ2) is 7.22. The van der Waals surface area contributed by atoms with Crippen molar-refractivity contribution in [1.29, 1.82) is 0 Å². The van der Waals surface area contributed by atoms with E-state index in [0.29, 0.717) is 12.1 Å². The van der Waals surface area contributed by atoms with Gasteiger partial charge in [-0.25, -0.2) is 4.79 Å². The van der Waals surface area contributed by atoms with Crippen molar-refractivity contribution >= 4 is 11.9 Å². The highest BCUT2D eigenvalue weighted by Crippen LogP contribution is 2.17. The van der Waals surface area contributed by atoms with Crippen LogP contribution in [0.25, 0.3) is 0 Å². The molecule has 2 rings (SSSR count). The van der Waals surface area contributed by atoms with E-state index in [0.717, 1.165) is 32.4 Å². The van der Waals surface area contributed by atoms with E-state index in [-0.39, 0.29) is 17.5 Å². The van der Waals surface area contributed by atoms with E-state index in [4.69, 9.17) is 5.11 Å². The summed E-state index contributed by atoms with van der Waals surface area (Å²) in [6.45, 7) is 4.61. The minimum absolute atomic E-state index is 0.0631. The molecule has 0 spiro atoms. The molecule has 5 nitrogen and oxygen atoms in total. The minimum Gasteiger partial charge on any atom is -0.478 e. The molecule has 0 radical (unpaired) electrons. The number of carboxylic acids is 1. The smallest absolute Gasteiger partial charge is 0.335 e. The van der Waals surface area contributed by atoms with Crippen molar-refractivity contribution in [3.8, 4) is 0 Å². The molecule has 1 heterocycles. The topological polar surface area (TPSA) is 69.6 Å². The van der Waals surface area contributed by atoms with E-state index in [1.54, 1.807) is 12.1 Å². The quantitative estimate of drug-likeness (QED) is 0.870. The van der Waals surface area contributed by atoms with Crippen molar-refractivity contribution in [2.45, 2.75) is 32.2 Å². The Balaban J connectivity index is 2.20. The van der Waals surface area contributed by atoms with E-state index in [1.165, 1.54) is 12.1 Å². The predicted molar refractivity (Wildman–Crippen MR) is 80.6 cm³/mol. The number of nitrogens with one attached hydrogen (secondary N) is 1. The van der Waals surface area contributed by atoms with Crippen LogP contribution in [0.5, 0.6) is 0 Å². The molecule has 1 aromatic rings. The molecular weight excluding hydrogens is 268 g/mol. The zero-order valence-corrected chi connectivity index (χ0v) is 12.3. The van der Waals surface area contributed by atoms with Gasteiger partial charge in [0.15, 0.2) is 0 Å². The molecule has 5 heteroatoms. The number of hydrogen-bond acceptors (Lipinski definition) is 3. The maximum atomic E-state index is 12.7. The van der Waals surface area contributed by atoms with Crippen LogP contribution in [0.3, 0.4) is 0 Å². The fourth-order valence-electron chi connectivity index (χ4n) is 2.76. The van der Waals surface area contributed by atoms with Gasteiger partial charge < -0.3 is 15.3 Å². The van der Waals surface area contributed by atoms with Crippen LogP contribution >= 0.6 is 0 Å². The van der Waals surface area contributed by atoms with Crippen LogP contribution in [0.2, 0.25) is 0 Å². The van der Waals surface area contributed by atoms with E-state index in [9.17, 15) is 9.59 Å². The number of aromatic carboxylic acids is 1. The monoisotopic (exact) mass is 290 g/mol. The molecule has 2 N–H and O–H groups in total. The Morgan fingerprint density at radius 3 is 2.57 bits per heavy atom. The normalized spacial score (nSPS) is 15.7. The number of benzene rings is 1. The summed E-state index contributed by atoms with van der Waals surface area (Å²) in [6.07, 6.45) is 2.79. The van der Waals surface area contributed by atoms with Gasteiger partial charge in [-0.1, -0.05) is 13.0 Å².